The number of likely N-dealkylation sites (tertiary alicyclic amines) is 1. The van der Waals surface area contributed by atoms with Crippen LogP contribution in [0, 0.1) is 5.41 Å². The Kier molecular flexibility index (Phi) is 4.78. The Labute approximate surface area is 169 Å². The fraction of sp³-hybridized carbons (Fsp3) is 0.524. The Morgan fingerprint density at radius 2 is 1.93 bits per heavy atom. The fourth-order valence-electron chi connectivity index (χ4n) is 4.82. The molecule has 3 aliphatic rings. The zero-order valence-corrected chi connectivity index (χ0v) is 16.9. The highest BCUT2D eigenvalue weighted by Gasteiger charge is 2.46. The second-order valence-corrected chi connectivity index (χ2v) is 8.79. The van der Waals surface area contributed by atoms with Crippen molar-refractivity contribution in [3.05, 3.63) is 34.9 Å². The van der Waals surface area contributed by atoms with Gasteiger partial charge in [-0.2, -0.15) is 0 Å². The summed E-state index contributed by atoms with van der Waals surface area (Å²) in [5.41, 5.74) is 1.61. The van der Waals surface area contributed by atoms with Crippen LogP contribution in [0.5, 0.6) is 0 Å². The minimum Gasteiger partial charge on any atom is -0.315 e. The molecule has 2 saturated heterocycles. The molecular formula is C21H26N4O4. The second kappa shape index (κ2) is 7.03. The van der Waals surface area contributed by atoms with Crippen molar-refractivity contribution in [2.75, 3.05) is 20.1 Å². The lowest BCUT2D eigenvalue weighted by molar-refractivity contribution is -0.136. The predicted molar refractivity (Wildman–Crippen MR) is 105 cm³/mol. The number of hydrogen-bond donors (Lipinski definition) is 2. The van der Waals surface area contributed by atoms with Crippen LogP contribution in [0.4, 0.5) is 0 Å². The molecular weight excluding hydrogens is 372 g/mol. The Hall–Kier alpha value is -2.58. The molecule has 0 bridgehead atoms. The van der Waals surface area contributed by atoms with Gasteiger partial charge in [-0.25, -0.2) is 0 Å². The molecule has 2 fully saturated rings. The molecule has 8 nitrogen and oxygen atoms in total. The zero-order valence-electron chi connectivity index (χ0n) is 16.9. The molecule has 3 heterocycles. The van der Waals surface area contributed by atoms with Gasteiger partial charge in [0, 0.05) is 32.1 Å². The van der Waals surface area contributed by atoms with E-state index in [2.05, 4.69) is 29.4 Å². The van der Waals surface area contributed by atoms with Crippen LogP contribution >= 0.6 is 0 Å². The molecule has 2 atom stereocenters. The molecule has 0 saturated carbocycles. The average molecular weight is 398 g/mol. The Bertz CT molecular complexity index is 910. The average Bonchev–Trinajstić information content (AvgIpc) is 3.09. The number of rotatable bonds is 4. The molecule has 2 N–H and O–H groups in total. The first-order chi connectivity index (χ1) is 13.7. The topological polar surface area (TPSA) is 98.8 Å². The Balaban J connectivity index is 1.60. The number of benzene rings is 1. The van der Waals surface area contributed by atoms with Crippen LogP contribution in [0.2, 0.25) is 0 Å². The smallest absolute Gasteiger partial charge is 0.262 e. The maximum atomic E-state index is 13.2. The summed E-state index contributed by atoms with van der Waals surface area (Å²) in [6.07, 6.45) is 0.278. The van der Waals surface area contributed by atoms with E-state index in [0.29, 0.717) is 23.7 Å². The molecule has 8 heteroatoms. The highest BCUT2D eigenvalue weighted by atomic mass is 16.2. The molecule has 1 aromatic rings. The molecule has 0 radical (unpaired) electrons. The third-order valence-corrected chi connectivity index (χ3v) is 6.31. The minimum absolute atomic E-state index is 0.102. The van der Waals surface area contributed by atoms with Crippen LogP contribution in [-0.2, 0) is 16.1 Å². The van der Waals surface area contributed by atoms with Gasteiger partial charge < -0.3 is 5.32 Å². The van der Waals surface area contributed by atoms with Crippen molar-refractivity contribution >= 4 is 23.6 Å². The lowest BCUT2D eigenvalue weighted by Gasteiger charge is -2.28. The number of nitrogens with zero attached hydrogens (tertiary/aromatic N) is 2. The molecule has 2 unspecified atom stereocenters. The van der Waals surface area contributed by atoms with Gasteiger partial charge in [0.05, 0.1) is 11.1 Å². The Morgan fingerprint density at radius 1 is 1.17 bits per heavy atom. The minimum atomic E-state index is -0.938. The number of likely N-dealkylation sites (N-methyl/N-ethyl adjacent to an activating group) is 1. The number of fused-ring (bicyclic) bond motifs is 1. The van der Waals surface area contributed by atoms with Crippen LogP contribution in [0.15, 0.2) is 18.2 Å². The van der Waals surface area contributed by atoms with Gasteiger partial charge >= 0.3 is 0 Å². The fourth-order valence-corrected chi connectivity index (χ4v) is 4.82. The van der Waals surface area contributed by atoms with Gasteiger partial charge in [-0.05, 0) is 30.5 Å². The first kappa shape index (κ1) is 19.7. The molecule has 1 aromatic carbocycles. The number of carbonyl (C=O) groups is 4. The van der Waals surface area contributed by atoms with E-state index in [4.69, 9.17) is 0 Å². The summed E-state index contributed by atoms with van der Waals surface area (Å²) in [6.45, 7) is 6.71. The number of nitrogens with one attached hydrogen (secondary N) is 2. The molecule has 29 heavy (non-hydrogen) atoms. The van der Waals surface area contributed by atoms with Crippen molar-refractivity contribution in [2.24, 2.45) is 5.41 Å². The normalized spacial score (nSPS) is 26.8. The highest BCUT2D eigenvalue weighted by molar-refractivity contribution is 6.24. The van der Waals surface area contributed by atoms with Crippen molar-refractivity contribution in [2.45, 2.75) is 45.3 Å². The van der Waals surface area contributed by atoms with Gasteiger partial charge in [-0.3, -0.25) is 34.3 Å². The molecule has 3 aliphatic heterocycles. The summed E-state index contributed by atoms with van der Waals surface area (Å²) < 4.78 is 0. The van der Waals surface area contributed by atoms with E-state index < -0.39 is 23.8 Å². The summed E-state index contributed by atoms with van der Waals surface area (Å²) in [7, 11) is 1.95. The van der Waals surface area contributed by atoms with Gasteiger partial charge in [0.15, 0.2) is 0 Å². The molecule has 0 aliphatic carbocycles. The highest BCUT2D eigenvalue weighted by Crippen LogP contribution is 2.34. The van der Waals surface area contributed by atoms with Gasteiger partial charge in [0.1, 0.15) is 6.04 Å². The van der Waals surface area contributed by atoms with Crippen molar-refractivity contribution < 1.29 is 19.2 Å². The van der Waals surface area contributed by atoms with E-state index in [9.17, 15) is 19.2 Å². The summed E-state index contributed by atoms with van der Waals surface area (Å²) in [5.74, 6) is -1.87. The first-order valence-electron chi connectivity index (χ1n) is 9.96. The third kappa shape index (κ3) is 3.26. The van der Waals surface area contributed by atoms with Crippen LogP contribution in [0.25, 0.3) is 0 Å². The van der Waals surface area contributed by atoms with Crippen LogP contribution in [0.1, 0.15) is 53.0 Å². The van der Waals surface area contributed by atoms with Gasteiger partial charge in [-0.15, -0.1) is 0 Å². The van der Waals surface area contributed by atoms with E-state index in [1.807, 2.05) is 13.1 Å². The summed E-state index contributed by atoms with van der Waals surface area (Å²) in [4.78, 5) is 53.1. The summed E-state index contributed by atoms with van der Waals surface area (Å²) in [6, 6.07) is 4.70. The van der Waals surface area contributed by atoms with E-state index in [0.717, 1.165) is 23.6 Å². The number of hydrogen-bond acceptors (Lipinski definition) is 6. The monoisotopic (exact) mass is 398 g/mol. The van der Waals surface area contributed by atoms with Crippen molar-refractivity contribution in [1.82, 2.24) is 20.4 Å². The number of piperidine rings is 1. The maximum Gasteiger partial charge on any atom is 0.262 e. The van der Waals surface area contributed by atoms with Crippen molar-refractivity contribution in [3.8, 4) is 0 Å². The first-order valence-corrected chi connectivity index (χ1v) is 9.96. The zero-order chi connectivity index (χ0) is 20.9. The molecule has 154 valence electrons. The van der Waals surface area contributed by atoms with E-state index in [1.165, 1.54) is 0 Å². The quantitative estimate of drug-likeness (QED) is 0.718. The molecule has 0 aromatic heterocycles. The second-order valence-electron chi connectivity index (χ2n) is 8.79. The largest absolute Gasteiger partial charge is 0.315 e. The van der Waals surface area contributed by atoms with Gasteiger partial charge in [0.2, 0.25) is 11.8 Å². The maximum absolute atomic E-state index is 13.2. The van der Waals surface area contributed by atoms with Crippen LogP contribution in [-0.4, -0.2) is 65.6 Å². The van der Waals surface area contributed by atoms with E-state index in [-0.39, 0.29) is 24.2 Å². The standard InChI is InChI=1S/C21H26N4O4/c1-21(2)11-24(10-15(21)22-3)9-12-5-4-6-13-17(12)20(29)25(19(13)28)14-7-8-16(26)23-18(14)27/h4-6,14-15,22H,7-11H2,1-3H3,(H,23,26,27). The summed E-state index contributed by atoms with van der Waals surface area (Å²) >= 11 is 0. The number of imide groups is 2. The lowest BCUT2D eigenvalue weighted by Crippen LogP contribution is -2.54. The van der Waals surface area contributed by atoms with Crippen LogP contribution in [0.3, 0.4) is 0 Å². The molecule has 4 rings (SSSR count). The Morgan fingerprint density at radius 3 is 2.59 bits per heavy atom. The van der Waals surface area contributed by atoms with E-state index in [1.54, 1.807) is 12.1 Å². The van der Waals surface area contributed by atoms with Gasteiger partial charge in [0.25, 0.3) is 11.8 Å². The SMILES string of the molecule is CNC1CN(Cc2cccc3c2C(=O)N(C2CCC(=O)NC2=O)C3=O)CC1(C)C. The van der Waals surface area contributed by atoms with Crippen LogP contribution < -0.4 is 10.6 Å². The lowest BCUT2D eigenvalue weighted by atomic mass is 9.88. The number of carbonyl (C=O) groups excluding carboxylic acids is 4. The third-order valence-electron chi connectivity index (χ3n) is 6.31. The van der Waals surface area contributed by atoms with E-state index >= 15 is 0 Å². The van der Waals surface area contributed by atoms with Crippen molar-refractivity contribution in [3.63, 3.8) is 0 Å². The summed E-state index contributed by atoms with van der Waals surface area (Å²) in [5, 5.41) is 5.58. The number of amides is 4. The molecule has 4 amide bonds. The van der Waals surface area contributed by atoms with Crippen molar-refractivity contribution in [1.29, 1.82) is 0 Å². The van der Waals surface area contributed by atoms with Gasteiger partial charge in [-0.1, -0.05) is 26.0 Å². The molecule has 0 spiro atoms. The predicted octanol–water partition coefficient (Wildman–Crippen LogP) is 0.518.